The van der Waals surface area contributed by atoms with Crippen molar-refractivity contribution in [2.45, 2.75) is 0 Å². The van der Waals surface area contributed by atoms with Crippen LogP contribution in [-0.2, 0) is 4.57 Å². The lowest BCUT2D eigenvalue weighted by atomic mass is 10.2. The predicted octanol–water partition coefficient (Wildman–Crippen LogP) is 3.02. The van der Waals surface area contributed by atoms with Crippen LogP contribution in [0.2, 0.25) is 0 Å². The third-order valence-corrected chi connectivity index (χ3v) is 2.75. The average molecular weight is 246 g/mol. The summed E-state index contributed by atoms with van der Waals surface area (Å²) < 4.78 is 16.9. The van der Waals surface area contributed by atoms with Crippen molar-refractivity contribution >= 4 is 18.3 Å². The van der Waals surface area contributed by atoms with Gasteiger partial charge in [0.1, 0.15) is 17.5 Å². The molecule has 0 aliphatic rings. The van der Waals surface area contributed by atoms with E-state index in [1.807, 2.05) is 6.07 Å². The first-order chi connectivity index (χ1) is 7.98. The van der Waals surface area contributed by atoms with Crippen LogP contribution in [0.3, 0.4) is 0 Å². The molecule has 4 nitrogen and oxygen atoms in total. The minimum absolute atomic E-state index is 0.378. The van der Waals surface area contributed by atoms with Gasteiger partial charge in [-0.3, -0.25) is 4.57 Å². The minimum Gasteiger partial charge on any atom is -0.443 e. The number of hydrogen-bond acceptors (Lipinski definition) is 4. The Morgan fingerprint density at radius 3 is 2.71 bits per heavy atom. The standard InChI is InChI=1S/C12H11N2O2P/c1-17(2,15)16-11-5-6-12-9(7-11)3-4-10(8-13)14-12/h3-7H,1-2H3. The van der Waals surface area contributed by atoms with Crippen molar-refractivity contribution < 1.29 is 9.09 Å². The lowest BCUT2D eigenvalue weighted by Gasteiger charge is -2.10. The Labute approximate surface area is 99.3 Å². The number of aromatic nitrogens is 1. The molecular formula is C12H11N2O2P. The summed E-state index contributed by atoms with van der Waals surface area (Å²) in [7, 11) is -2.55. The summed E-state index contributed by atoms with van der Waals surface area (Å²) in [6, 6.07) is 10.6. The highest BCUT2D eigenvalue weighted by Crippen LogP contribution is 2.39. The van der Waals surface area contributed by atoms with Crippen LogP contribution >= 0.6 is 7.37 Å². The van der Waals surface area contributed by atoms with Crippen LogP contribution in [0.25, 0.3) is 10.9 Å². The summed E-state index contributed by atoms with van der Waals surface area (Å²) >= 11 is 0. The number of hydrogen-bond donors (Lipinski definition) is 0. The summed E-state index contributed by atoms with van der Waals surface area (Å²) in [4.78, 5) is 4.15. The Morgan fingerprint density at radius 1 is 1.29 bits per heavy atom. The van der Waals surface area contributed by atoms with Gasteiger partial charge in [0, 0.05) is 18.7 Å². The van der Waals surface area contributed by atoms with Gasteiger partial charge in [0.15, 0.2) is 0 Å². The summed E-state index contributed by atoms with van der Waals surface area (Å²) in [6.07, 6.45) is 0. The zero-order valence-corrected chi connectivity index (χ0v) is 10.4. The Bertz CT molecular complexity index is 655. The fraction of sp³-hybridized carbons (Fsp3) is 0.167. The van der Waals surface area contributed by atoms with Crippen LogP contribution in [0.1, 0.15) is 5.69 Å². The zero-order chi connectivity index (χ0) is 12.5. The molecule has 1 heterocycles. The molecule has 2 rings (SSSR count). The van der Waals surface area contributed by atoms with Crippen molar-refractivity contribution in [3.63, 3.8) is 0 Å². The van der Waals surface area contributed by atoms with Gasteiger partial charge in [-0.25, -0.2) is 4.98 Å². The summed E-state index contributed by atoms with van der Waals surface area (Å²) in [6.45, 7) is 3.13. The smallest absolute Gasteiger partial charge is 0.242 e. The molecule has 0 saturated heterocycles. The number of nitrogens with zero attached hydrogens (tertiary/aromatic N) is 2. The van der Waals surface area contributed by atoms with E-state index in [0.717, 1.165) is 10.9 Å². The highest BCUT2D eigenvalue weighted by molar-refractivity contribution is 7.57. The number of fused-ring (bicyclic) bond motifs is 1. The minimum atomic E-state index is -2.55. The molecule has 1 aromatic carbocycles. The Hall–Kier alpha value is -1.85. The summed E-state index contributed by atoms with van der Waals surface area (Å²) in [5, 5.41) is 9.59. The Kier molecular flexibility index (Phi) is 2.87. The van der Waals surface area contributed by atoms with Crippen molar-refractivity contribution in [2.24, 2.45) is 0 Å². The number of pyridine rings is 1. The van der Waals surface area contributed by atoms with Gasteiger partial charge in [-0.1, -0.05) is 0 Å². The monoisotopic (exact) mass is 246 g/mol. The van der Waals surface area contributed by atoms with Crippen molar-refractivity contribution in [1.82, 2.24) is 4.98 Å². The largest absolute Gasteiger partial charge is 0.443 e. The molecule has 0 unspecified atom stereocenters. The second kappa shape index (κ2) is 4.20. The quantitative estimate of drug-likeness (QED) is 0.764. The number of benzene rings is 1. The molecule has 0 saturated carbocycles. The molecule has 0 aliphatic carbocycles. The molecule has 0 bridgehead atoms. The van der Waals surface area contributed by atoms with Gasteiger partial charge in [0.25, 0.3) is 0 Å². The van der Waals surface area contributed by atoms with E-state index in [9.17, 15) is 4.57 Å². The summed E-state index contributed by atoms with van der Waals surface area (Å²) in [5.41, 5.74) is 1.10. The van der Waals surface area contributed by atoms with Gasteiger partial charge >= 0.3 is 0 Å². The van der Waals surface area contributed by atoms with Gasteiger partial charge in [0.05, 0.1) is 5.52 Å². The lowest BCUT2D eigenvalue weighted by Crippen LogP contribution is -1.90. The fourth-order valence-electron chi connectivity index (χ4n) is 1.48. The molecule has 17 heavy (non-hydrogen) atoms. The SMILES string of the molecule is CP(C)(=O)Oc1ccc2nc(C#N)ccc2c1. The predicted molar refractivity (Wildman–Crippen MR) is 66.5 cm³/mol. The molecular weight excluding hydrogens is 235 g/mol. The van der Waals surface area contributed by atoms with E-state index in [2.05, 4.69) is 4.98 Å². The fourth-order valence-corrected chi connectivity index (χ4v) is 2.10. The van der Waals surface area contributed by atoms with Gasteiger partial charge in [-0.05, 0) is 30.3 Å². The van der Waals surface area contributed by atoms with Crippen LogP contribution in [0.4, 0.5) is 0 Å². The molecule has 0 atom stereocenters. The second-order valence-electron chi connectivity index (χ2n) is 4.01. The van der Waals surface area contributed by atoms with E-state index < -0.39 is 7.37 Å². The van der Waals surface area contributed by atoms with E-state index in [1.54, 1.807) is 43.7 Å². The topological polar surface area (TPSA) is 63.0 Å². The first kappa shape index (κ1) is 11.6. The van der Waals surface area contributed by atoms with Crippen LogP contribution in [0.15, 0.2) is 30.3 Å². The molecule has 0 aliphatic heterocycles. The summed E-state index contributed by atoms with van der Waals surface area (Å²) in [5.74, 6) is 0.553. The van der Waals surface area contributed by atoms with Gasteiger partial charge < -0.3 is 4.52 Å². The number of rotatable bonds is 2. The normalized spacial score (nSPS) is 11.1. The van der Waals surface area contributed by atoms with Crippen molar-refractivity contribution in [3.05, 3.63) is 36.0 Å². The third-order valence-electron chi connectivity index (χ3n) is 2.10. The van der Waals surface area contributed by atoms with E-state index in [-0.39, 0.29) is 0 Å². The van der Waals surface area contributed by atoms with Crippen LogP contribution < -0.4 is 4.52 Å². The molecule has 5 heteroatoms. The maximum atomic E-state index is 11.5. The van der Waals surface area contributed by atoms with Gasteiger partial charge in [-0.15, -0.1) is 0 Å². The maximum absolute atomic E-state index is 11.5. The second-order valence-corrected chi connectivity index (χ2v) is 6.69. The molecule has 0 spiro atoms. The van der Waals surface area contributed by atoms with Gasteiger partial charge in [-0.2, -0.15) is 5.26 Å². The van der Waals surface area contributed by atoms with Crippen LogP contribution in [0, 0.1) is 11.3 Å². The average Bonchev–Trinajstić information content (AvgIpc) is 2.26. The van der Waals surface area contributed by atoms with E-state index >= 15 is 0 Å². The lowest BCUT2D eigenvalue weighted by molar-refractivity contribution is 0.494. The van der Waals surface area contributed by atoms with Crippen LogP contribution in [-0.4, -0.2) is 18.3 Å². The molecule has 0 radical (unpaired) electrons. The zero-order valence-electron chi connectivity index (χ0n) is 9.54. The Morgan fingerprint density at radius 2 is 2.06 bits per heavy atom. The molecule has 0 N–H and O–H groups in total. The molecule has 2 aromatic rings. The third kappa shape index (κ3) is 2.83. The van der Waals surface area contributed by atoms with Crippen molar-refractivity contribution in [1.29, 1.82) is 5.26 Å². The highest BCUT2D eigenvalue weighted by atomic mass is 31.2. The molecule has 0 fully saturated rings. The van der Waals surface area contributed by atoms with E-state index in [0.29, 0.717) is 11.4 Å². The highest BCUT2D eigenvalue weighted by Gasteiger charge is 2.09. The van der Waals surface area contributed by atoms with Crippen LogP contribution in [0.5, 0.6) is 5.75 Å². The van der Waals surface area contributed by atoms with Crippen molar-refractivity contribution in [3.8, 4) is 11.8 Å². The first-order valence-electron chi connectivity index (χ1n) is 5.03. The first-order valence-corrected chi connectivity index (χ1v) is 7.55. The Balaban J connectivity index is 2.46. The molecule has 86 valence electrons. The van der Waals surface area contributed by atoms with Gasteiger partial charge in [0.2, 0.25) is 7.37 Å². The van der Waals surface area contributed by atoms with E-state index in [4.69, 9.17) is 9.79 Å². The molecule has 1 aromatic heterocycles. The van der Waals surface area contributed by atoms with E-state index in [1.165, 1.54) is 0 Å². The number of nitriles is 1. The van der Waals surface area contributed by atoms with Crippen molar-refractivity contribution in [2.75, 3.05) is 13.3 Å². The molecule has 0 amide bonds. The maximum Gasteiger partial charge on any atom is 0.242 e.